The lowest BCUT2D eigenvalue weighted by atomic mass is 10.0. The fourth-order valence-electron chi connectivity index (χ4n) is 3.24. The normalized spacial score (nSPS) is 11.4. The molecule has 0 aliphatic carbocycles. The molecular weight excluding hydrogens is 431 g/mol. The van der Waals surface area contributed by atoms with Crippen LogP contribution >= 0.6 is 0 Å². The van der Waals surface area contributed by atoms with Crippen molar-refractivity contribution in [2.24, 2.45) is 0 Å². The summed E-state index contributed by atoms with van der Waals surface area (Å²) in [5.74, 6) is -1.66. The van der Waals surface area contributed by atoms with E-state index >= 15 is 0 Å². The van der Waals surface area contributed by atoms with E-state index in [0.29, 0.717) is 23.1 Å². The van der Waals surface area contributed by atoms with Crippen LogP contribution in [0.4, 0.5) is 10.1 Å². The average Bonchev–Trinajstić information content (AvgIpc) is 2.79. The molecule has 0 bridgehead atoms. The molecule has 9 heteroatoms. The highest BCUT2D eigenvalue weighted by Crippen LogP contribution is 2.24. The molecule has 0 fully saturated rings. The molecule has 0 aliphatic rings. The lowest BCUT2D eigenvalue weighted by Gasteiger charge is -2.11. The minimum Gasteiger partial charge on any atom is -0.288 e. The van der Waals surface area contributed by atoms with E-state index in [0.717, 1.165) is 5.56 Å². The third-order valence-electron chi connectivity index (χ3n) is 4.74. The van der Waals surface area contributed by atoms with Crippen molar-refractivity contribution in [1.29, 1.82) is 0 Å². The lowest BCUT2D eigenvalue weighted by molar-refractivity contribution is 0.103. The van der Waals surface area contributed by atoms with Gasteiger partial charge in [0, 0.05) is 23.5 Å². The first-order chi connectivity index (χ1) is 15.4. The number of anilines is 1. The van der Waals surface area contributed by atoms with Crippen LogP contribution in [0.5, 0.6) is 0 Å². The van der Waals surface area contributed by atoms with E-state index in [9.17, 15) is 17.6 Å². The summed E-state index contributed by atoms with van der Waals surface area (Å²) in [5.41, 5.74) is 2.13. The quantitative estimate of drug-likeness (QED) is 0.423. The number of hydrogen-bond acceptors (Lipinski definition) is 6. The van der Waals surface area contributed by atoms with Gasteiger partial charge in [0.05, 0.1) is 39.9 Å². The second-order valence-electron chi connectivity index (χ2n) is 7.12. The summed E-state index contributed by atoms with van der Waals surface area (Å²) in [7, 11) is -3.70. The summed E-state index contributed by atoms with van der Waals surface area (Å²) in [6.45, 7) is 1.71. The van der Waals surface area contributed by atoms with Crippen LogP contribution in [0.3, 0.4) is 0 Å². The number of sulfonamides is 1. The van der Waals surface area contributed by atoms with Crippen LogP contribution < -0.4 is 4.72 Å². The molecule has 0 spiro atoms. The predicted octanol–water partition coefficient (Wildman–Crippen LogP) is 4.21. The Kier molecular flexibility index (Phi) is 5.91. The number of rotatable bonds is 7. The Morgan fingerprint density at radius 2 is 1.91 bits per heavy atom. The Bertz CT molecular complexity index is 1410. The Hall–Kier alpha value is -3.72. The molecule has 0 saturated carbocycles. The van der Waals surface area contributed by atoms with Gasteiger partial charge in [-0.25, -0.2) is 17.8 Å². The summed E-state index contributed by atoms with van der Waals surface area (Å²) < 4.78 is 41.2. The number of nitrogens with zero attached hydrogens (tertiary/aromatic N) is 3. The fraction of sp³-hybridized carbons (Fsp3) is 0.130. The molecule has 2 aromatic carbocycles. The van der Waals surface area contributed by atoms with Crippen molar-refractivity contribution in [2.75, 3.05) is 10.5 Å². The van der Waals surface area contributed by atoms with E-state index in [4.69, 9.17) is 0 Å². The van der Waals surface area contributed by atoms with Crippen molar-refractivity contribution >= 4 is 32.5 Å². The summed E-state index contributed by atoms with van der Waals surface area (Å²) >= 11 is 0. The molecular formula is C23H19FN4O3S. The number of benzene rings is 2. The van der Waals surface area contributed by atoms with E-state index < -0.39 is 21.6 Å². The maximum absolute atomic E-state index is 15.0. The number of ketones is 1. The number of halogens is 1. The molecule has 1 N–H and O–H groups in total. The van der Waals surface area contributed by atoms with Gasteiger partial charge in [-0.3, -0.25) is 19.5 Å². The van der Waals surface area contributed by atoms with Crippen LogP contribution in [0.15, 0.2) is 67.1 Å². The molecule has 0 atom stereocenters. The molecule has 0 aliphatic heterocycles. The Balaban J connectivity index is 1.70. The zero-order valence-corrected chi connectivity index (χ0v) is 17.9. The topological polar surface area (TPSA) is 102 Å². The maximum atomic E-state index is 15.0. The van der Waals surface area contributed by atoms with E-state index in [1.165, 1.54) is 30.3 Å². The highest BCUT2D eigenvalue weighted by atomic mass is 32.2. The van der Waals surface area contributed by atoms with Gasteiger partial charge in [0.2, 0.25) is 10.0 Å². The monoisotopic (exact) mass is 450 g/mol. The molecule has 162 valence electrons. The van der Waals surface area contributed by atoms with Crippen LogP contribution in [0.25, 0.3) is 22.3 Å². The number of hydrogen-bond donors (Lipinski definition) is 1. The number of pyridine rings is 1. The minimum absolute atomic E-state index is 0.146. The molecule has 7 nitrogen and oxygen atoms in total. The van der Waals surface area contributed by atoms with E-state index in [-0.39, 0.29) is 22.6 Å². The van der Waals surface area contributed by atoms with Crippen LogP contribution in [-0.4, -0.2) is 34.9 Å². The standard InChI is InChI=1S/C23H19FN4O3S/c1-2-11-32(30,31)28-19-7-3-6-17(22(19)24)23(29)15-8-9-18-20(12-15)27-21(14-26-18)16-5-4-10-25-13-16/h3-10,12-14,28H,2,11H2,1H3. The van der Waals surface area contributed by atoms with Gasteiger partial charge >= 0.3 is 0 Å². The number of carbonyl (C=O) groups is 1. The van der Waals surface area contributed by atoms with E-state index in [1.54, 1.807) is 37.6 Å². The Morgan fingerprint density at radius 1 is 1.06 bits per heavy atom. The first-order valence-electron chi connectivity index (χ1n) is 9.89. The third kappa shape index (κ3) is 4.47. The molecule has 0 saturated heterocycles. The average molecular weight is 450 g/mol. The highest BCUT2D eigenvalue weighted by Gasteiger charge is 2.20. The molecule has 0 unspecified atom stereocenters. The summed E-state index contributed by atoms with van der Waals surface area (Å²) in [6.07, 6.45) is 5.31. The zero-order chi connectivity index (χ0) is 22.7. The largest absolute Gasteiger partial charge is 0.288 e. The molecule has 0 amide bonds. The van der Waals surface area contributed by atoms with Crippen LogP contribution in [0.2, 0.25) is 0 Å². The zero-order valence-electron chi connectivity index (χ0n) is 17.1. The Labute approximate surface area is 184 Å². The van der Waals surface area contributed by atoms with Gasteiger partial charge in [0.25, 0.3) is 0 Å². The predicted molar refractivity (Wildman–Crippen MR) is 120 cm³/mol. The summed E-state index contributed by atoms with van der Waals surface area (Å²) in [4.78, 5) is 26.0. The molecule has 2 aromatic heterocycles. The van der Waals surface area contributed by atoms with Gasteiger partial charge in [-0.2, -0.15) is 0 Å². The highest BCUT2D eigenvalue weighted by molar-refractivity contribution is 7.92. The first-order valence-corrected chi connectivity index (χ1v) is 11.5. The number of nitrogens with one attached hydrogen (secondary N) is 1. The SMILES string of the molecule is CCCS(=O)(=O)Nc1cccc(C(=O)c2ccc3ncc(-c4cccnc4)nc3c2)c1F. The molecule has 2 heterocycles. The van der Waals surface area contributed by atoms with Crippen molar-refractivity contribution in [1.82, 2.24) is 15.0 Å². The van der Waals surface area contributed by atoms with Crippen LogP contribution in [0, 0.1) is 5.82 Å². The molecule has 0 radical (unpaired) electrons. The second kappa shape index (κ2) is 8.80. The lowest BCUT2D eigenvalue weighted by Crippen LogP contribution is -2.18. The molecule has 4 aromatic rings. The van der Waals surface area contributed by atoms with Crippen LogP contribution in [0.1, 0.15) is 29.3 Å². The smallest absolute Gasteiger partial charge is 0.232 e. The van der Waals surface area contributed by atoms with Gasteiger partial charge in [0.1, 0.15) is 0 Å². The van der Waals surface area contributed by atoms with Gasteiger partial charge in [-0.05, 0) is 48.9 Å². The van der Waals surface area contributed by atoms with Gasteiger partial charge < -0.3 is 0 Å². The van der Waals surface area contributed by atoms with Crippen molar-refractivity contribution in [3.63, 3.8) is 0 Å². The minimum atomic E-state index is -3.70. The van der Waals surface area contributed by atoms with Crippen molar-refractivity contribution in [3.8, 4) is 11.3 Å². The second-order valence-corrected chi connectivity index (χ2v) is 8.96. The third-order valence-corrected chi connectivity index (χ3v) is 6.22. The molecule has 4 rings (SSSR count). The number of carbonyl (C=O) groups excluding carboxylic acids is 1. The van der Waals surface area contributed by atoms with Gasteiger partial charge in [0.15, 0.2) is 11.6 Å². The van der Waals surface area contributed by atoms with E-state index in [2.05, 4.69) is 19.7 Å². The van der Waals surface area contributed by atoms with Gasteiger partial charge in [-0.15, -0.1) is 0 Å². The fourth-order valence-corrected chi connectivity index (χ4v) is 4.37. The van der Waals surface area contributed by atoms with Gasteiger partial charge in [-0.1, -0.05) is 13.0 Å². The van der Waals surface area contributed by atoms with Crippen molar-refractivity contribution in [2.45, 2.75) is 13.3 Å². The van der Waals surface area contributed by atoms with Crippen molar-refractivity contribution in [3.05, 3.63) is 84.1 Å². The van der Waals surface area contributed by atoms with Crippen LogP contribution in [-0.2, 0) is 10.0 Å². The number of fused-ring (bicyclic) bond motifs is 1. The summed E-state index contributed by atoms with van der Waals surface area (Å²) in [6, 6.07) is 12.4. The Morgan fingerprint density at radius 3 is 2.66 bits per heavy atom. The van der Waals surface area contributed by atoms with Crippen molar-refractivity contribution < 1.29 is 17.6 Å². The summed E-state index contributed by atoms with van der Waals surface area (Å²) in [5, 5.41) is 0. The number of aromatic nitrogens is 3. The first kappa shape index (κ1) is 21.5. The molecule has 32 heavy (non-hydrogen) atoms. The maximum Gasteiger partial charge on any atom is 0.232 e. The van der Waals surface area contributed by atoms with E-state index in [1.807, 2.05) is 6.07 Å².